The molecule has 2 fully saturated rings. The second-order valence-corrected chi connectivity index (χ2v) is 6.76. The molecule has 1 N–H and O–H groups in total. The van der Waals surface area contributed by atoms with Crippen molar-refractivity contribution in [2.45, 2.75) is 38.3 Å². The highest BCUT2D eigenvalue weighted by Crippen LogP contribution is 2.36. The number of piperazine rings is 1. The van der Waals surface area contributed by atoms with Crippen LogP contribution in [0.25, 0.3) is 0 Å². The topological polar surface area (TPSA) is 18.5 Å². The summed E-state index contributed by atoms with van der Waals surface area (Å²) in [5.41, 5.74) is 0.333. The summed E-state index contributed by atoms with van der Waals surface area (Å²) in [7, 11) is 2.00. The highest BCUT2D eigenvalue weighted by atomic mass is 19.4. The standard InChI is InChI=1S/C15H28F3N3/c1-19-11-14(5-3-2-4-6-14)12-20-7-9-21(10-8-20)13-15(16,17)18/h19H,2-13H2,1H3. The normalized spacial score (nSPS) is 25.1. The van der Waals surface area contributed by atoms with E-state index in [2.05, 4.69) is 10.2 Å². The number of nitrogens with zero attached hydrogens (tertiary/aromatic N) is 2. The van der Waals surface area contributed by atoms with Crippen LogP contribution in [0.15, 0.2) is 0 Å². The predicted molar refractivity (Wildman–Crippen MR) is 78.4 cm³/mol. The van der Waals surface area contributed by atoms with E-state index in [4.69, 9.17) is 0 Å². The van der Waals surface area contributed by atoms with E-state index in [1.165, 1.54) is 37.0 Å². The molecule has 0 bridgehead atoms. The van der Waals surface area contributed by atoms with Crippen LogP contribution in [0.3, 0.4) is 0 Å². The van der Waals surface area contributed by atoms with Gasteiger partial charge in [-0.15, -0.1) is 0 Å². The van der Waals surface area contributed by atoms with Gasteiger partial charge in [-0.25, -0.2) is 0 Å². The molecule has 6 heteroatoms. The Morgan fingerprint density at radius 3 is 2.05 bits per heavy atom. The Bertz CT molecular complexity index is 300. The van der Waals surface area contributed by atoms with Crippen LogP contribution in [0.2, 0.25) is 0 Å². The van der Waals surface area contributed by atoms with Crippen LogP contribution >= 0.6 is 0 Å². The third kappa shape index (κ3) is 5.42. The molecule has 1 saturated heterocycles. The molecular weight excluding hydrogens is 279 g/mol. The van der Waals surface area contributed by atoms with Crippen molar-refractivity contribution in [1.82, 2.24) is 15.1 Å². The molecule has 3 nitrogen and oxygen atoms in total. The van der Waals surface area contributed by atoms with Crippen molar-refractivity contribution < 1.29 is 13.2 Å². The molecule has 21 heavy (non-hydrogen) atoms. The summed E-state index contributed by atoms with van der Waals surface area (Å²) in [4.78, 5) is 3.90. The molecule has 0 radical (unpaired) electrons. The van der Waals surface area contributed by atoms with E-state index in [9.17, 15) is 13.2 Å². The van der Waals surface area contributed by atoms with E-state index < -0.39 is 12.7 Å². The molecular formula is C15H28F3N3. The Morgan fingerprint density at radius 2 is 1.52 bits per heavy atom. The lowest BCUT2D eigenvalue weighted by atomic mass is 9.73. The fourth-order valence-corrected chi connectivity index (χ4v) is 3.90. The van der Waals surface area contributed by atoms with Gasteiger partial charge in [-0.2, -0.15) is 13.2 Å². The predicted octanol–water partition coefficient (Wildman–Crippen LogP) is 2.34. The molecule has 0 aromatic heterocycles. The van der Waals surface area contributed by atoms with E-state index in [0.29, 0.717) is 18.5 Å². The van der Waals surface area contributed by atoms with Gasteiger partial charge >= 0.3 is 6.18 Å². The largest absolute Gasteiger partial charge is 0.401 e. The van der Waals surface area contributed by atoms with Crippen LogP contribution in [-0.2, 0) is 0 Å². The van der Waals surface area contributed by atoms with Crippen molar-refractivity contribution in [2.75, 3.05) is 52.9 Å². The fourth-order valence-electron chi connectivity index (χ4n) is 3.90. The lowest BCUT2D eigenvalue weighted by Crippen LogP contribution is -2.53. The molecule has 0 aromatic rings. The van der Waals surface area contributed by atoms with Gasteiger partial charge in [0.25, 0.3) is 0 Å². The van der Waals surface area contributed by atoms with E-state index in [1.807, 2.05) is 7.05 Å². The number of nitrogens with one attached hydrogen (secondary N) is 1. The zero-order valence-corrected chi connectivity index (χ0v) is 13.0. The molecule has 2 aliphatic rings. The van der Waals surface area contributed by atoms with Crippen molar-refractivity contribution >= 4 is 0 Å². The highest BCUT2D eigenvalue weighted by molar-refractivity contribution is 4.89. The van der Waals surface area contributed by atoms with E-state index >= 15 is 0 Å². The molecule has 1 heterocycles. The third-order valence-corrected chi connectivity index (χ3v) is 4.89. The first-order valence-corrected chi connectivity index (χ1v) is 8.09. The summed E-state index contributed by atoms with van der Waals surface area (Å²) in [6.45, 7) is 3.90. The first-order chi connectivity index (χ1) is 9.92. The number of hydrogen-bond acceptors (Lipinski definition) is 3. The van der Waals surface area contributed by atoms with Gasteiger partial charge in [0.15, 0.2) is 0 Å². The van der Waals surface area contributed by atoms with Crippen molar-refractivity contribution in [1.29, 1.82) is 0 Å². The summed E-state index contributed by atoms with van der Waals surface area (Å²) in [6.07, 6.45) is 2.32. The molecule has 2 rings (SSSR count). The maximum Gasteiger partial charge on any atom is 0.401 e. The summed E-state index contributed by atoms with van der Waals surface area (Å²) < 4.78 is 37.2. The van der Waals surface area contributed by atoms with Crippen molar-refractivity contribution in [3.63, 3.8) is 0 Å². The molecule has 1 aliphatic heterocycles. The van der Waals surface area contributed by atoms with Gasteiger partial charge in [0.05, 0.1) is 6.54 Å². The zero-order valence-electron chi connectivity index (χ0n) is 13.0. The van der Waals surface area contributed by atoms with Gasteiger partial charge in [0, 0.05) is 39.3 Å². The Hall–Kier alpha value is -0.330. The van der Waals surface area contributed by atoms with Gasteiger partial charge in [0.1, 0.15) is 0 Å². The Morgan fingerprint density at radius 1 is 0.952 bits per heavy atom. The molecule has 0 atom stereocenters. The van der Waals surface area contributed by atoms with Crippen LogP contribution in [-0.4, -0.2) is 68.8 Å². The van der Waals surface area contributed by atoms with Crippen molar-refractivity contribution in [3.05, 3.63) is 0 Å². The van der Waals surface area contributed by atoms with Gasteiger partial charge in [-0.3, -0.25) is 4.90 Å². The molecule has 1 aliphatic carbocycles. The number of hydrogen-bond donors (Lipinski definition) is 1. The SMILES string of the molecule is CNCC1(CN2CCN(CC(F)(F)F)CC2)CCCCC1. The maximum absolute atomic E-state index is 12.4. The first-order valence-electron chi connectivity index (χ1n) is 8.09. The Balaban J connectivity index is 1.81. The maximum atomic E-state index is 12.4. The second-order valence-electron chi connectivity index (χ2n) is 6.76. The monoisotopic (exact) mass is 307 g/mol. The van der Waals surface area contributed by atoms with E-state index in [0.717, 1.165) is 26.2 Å². The Kier molecular flexibility index (Phi) is 5.91. The van der Waals surface area contributed by atoms with Crippen LogP contribution in [0.4, 0.5) is 13.2 Å². The van der Waals surface area contributed by atoms with Crippen LogP contribution in [0, 0.1) is 5.41 Å². The first kappa shape index (κ1) is 17.0. The summed E-state index contributed by atoms with van der Waals surface area (Å²) >= 11 is 0. The zero-order chi connectivity index (χ0) is 15.3. The van der Waals surface area contributed by atoms with E-state index in [-0.39, 0.29) is 0 Å². The van der Waals surface area contributed by atoms with Crippen LogP contribution in [0.5, 0.6) is 0 Å². The van der Waals surface area contributed by atoms with Gasteiger partial charge in [0.2, 0.25) is 0 Å². The molecule has 0 amide bonds. The summed E-state index contributed by atoms with van der Waals surface area (Å²) in [5, 5.41) is 3.32. The molecule has 0 spiro atoms. The van der Waals surface area contributed by atoms with Crippen molar-refractivity contribution in [2.24, 2.45) is 5.41 Å². The number of alkyl halides is 3. The minimum absolute atomic E-state index is 0.333. The molecule has 124 valence electrons. The minimum Gasteiger partial charge on any atom is -0.319 e. The van der Waals surface area contributed by atoms with Gasteiger partial charge in [-0.1, -0.05) is 19.3 Å². The lowest BCUT2D eigenvalue weighted by molar-refractivity contribution is -0.149. The summed E-state index contributed by atoms with van der Waals surface area (Å²) in [6, 6.07) is 0. The highest BCUT2D eigenvalue weighted by Gasteiger charge is 2.36. The average molecular weight is 307 g/mol. The molecule has 0 aromatic carbocycles. The second kappa shape index (κ2) is 7.29. The van der Waals surface area contributed by atoms with Gasteiger partial charge < -0.3 is 10.2 Å². The third-order valence-electron chi connectivity index (χ3n) is 4.89. The quantitative estimate of drug-likeness (QED) is 0.841. The van der Waals surface area contributed by atoms with Crippen LogP contribution in [0.1, 0.15) is 32.1 Å². The van der Waals surface area contributed by atoms with Crippen LogP contribution < -0.4 is 5.32 Å². The smallest absolute Gasteiger partial charge is 0.319 e. The van der Waals surface area contributed by atoms with Crippen molar-refractivity contribution in [3.8, 4) is 0 Å². The average Bonchev–Trinajstić information content (AvgIpc) is 2.41. The molecule has 0 unspecified atom stereocenters. The summed E-state index contributed by atoms with van der Waals surface area (Å²) in [5.74, 6) is 0. The molecule has 1 saturated carbocycles. The van der Waals surface area contributed by atoms with Gasteiger partial charge in [-0.05, 0) is 25.3 Å². The Labute approximate surface area is 125 Å². The van der Waals surface area contributed by atoms with E-state index in [1.54, 1.807) is 0 Å². The lowest BCUT2D eigenvalue weighted by Gasteiger charge is -2.44. The minimum atomic E-state index is -4.07. The fraction of sp³-hybridized carbons (Fsp3) is 1.00. The number of rotatable bonds is 5. The number of halogens is 3.